The minimum absolute atomic E-state index is 0.525. The molecule has 178 valence electrons. The fourth-order valence-electron chi connectivity index (χ4n) is 4.90. The molecule has 1 aromatic heterocycles. The number of fused-ring (bicyclic) bond motifs is 3. The first-order chi connectivity index (χ1) is 17.1. The standard InChI is InChI=1S/C28H29N5O2/c1-33-10-8-19-13-27(34-2)26(12-22(19)17-33)32-28-30-16-20-4-6-24(14-25(20)31-28)35-23-5-3-18-7-9-29-15-21(18)11-23/h3-6,11-14,16,29H,7-10,15,17H2,1-2H3,(H,30,31,32). The summed E-state index contributed by atoms with van der Waals surface area (Å²) in [5.41, 5.74) is 7.02. The fraction of sp³-hybridized carbons (Fsp3) is 0.286. The van der Waals surface area contributed by atoms with Crippen LogP contribution in [0.5, 0.6) is 17.2 Å². The summed E-state index contributed by atoms with van der Waals surface area (Å²) in [5.74, 6) is 2.91. The second-order valence-corrected chi connectivity index (χ2v) is 9.31. The first-order valence-corrected chi connectivity index (χ1v) is 12.1. The predicted molar refractivity (Wildman–Crippen MR) is 138 cm³/mol. The molecule has 0 unspecified atom stereocenters. The summed E-state index contributed by atoms with van der Waals surface area (Å²) in [5, 5.41) is 7.74. The Labute approximate surface area is 205 Å². The van der Waals surface area contributed by atoms with Crippen LogP contribution in [-0.4, -0.2) is 42.1 Å². The quantitative estimate of drug-likeness (QED) is 0.437. The maximum atomic E-state index is 6.19. The van der Waals surface area contributed by atoms with Gasteiger partial charge in [-0.25, -0.2) is 9.97 Å². The van der Waals surface area contributed by atoms with Crippen LogP contribution < -0.4 is 20.1 Å². The highest BCUT2D eigenvalue weighted by Crippen LogP contribution is 2.33. The Morgan fingerprint density at radius 2 is 1.83 bits per heavy atom. The van der Waals surface area contributed by atoms with Crippen LogP contribution in [0.1, 0.15) is 22.3 Å². The molecule has 2 aliphatic rings. The van der Waals surface area contributed by atoms with Crippen molar-refractivity contribution in [3.63, 3.8) is 0 Å². The summed E-state index contributed by atoms with van der Waals surface area (Å²) >= 11 is 0. The van der Waals surface area contributed by atoms with E-state index in [9.17, 15) is 0 Å². The third-order valence-electron chi connectivity index (χ3n) is 6.83. The van der Waals surface area contributed by atoms with E-state index in [0.717, 1.165) is 72.9 Å². The van der Waals surface area contributed by atoms with Gasteiger partial charge in [0.1, 0.15) is 17.2 Å². The maximum Gasteiger partial charge on any atom is 0.227 e. The summed E-state index contributed by atoms with van der Waals surface area (Å²) < 4.78 is 11.9. The number of rotatable bonds is 5. The van der Waals surface area contributed by atoms with Gasteiger partial charge in [-0.2, -0.15) is 0 Å². The lowest BCUT2D eigenvalue weighted by Gasteiger charge is -2.26. The molecule has 7 nitrogen and oxygen atoms in total. The molecule has 0 radical (unpaired) electrons. The zero-order valence-corrected chi connectivity index (χ0v) is 20.1. The van der Waals surface area contributed by atoms with Gasteiger partial charge in [0, 0.05) is 37.3 Å². The molecule has 2 aliphatic heterocycles. The molecule has 0 spiro atoms. The second kappa shape index (κ2) is 9.17. The van der Waals surface area contributed by atoms with Crippen molar-refractivity contribution >= 4 is 22.5 Å². The van der Waals surface area contributed by atoms with Crippen LogP contribution in [0.3, 0.4) is 0 Å². The molecule has 0 atom stereocenters. The molecule has 4 aromatic rings. The summed E-state index contributed by atoms with van der Waals surface area (Å²) in [6.45, 7) is 3.90. The first-order valence-electron chi connectivity index (χ1n) is 12.1. The topological polar surface area (TPSA) is 71.5 Å². The van der Waals surface area contributed by atoms with E-state index in [1.807, 2.05) is 30.5 Å². The Hall–Kier alpha value is -3.68. The SMILES string of the molecule is COc1cc2c(cc1Nc1ncc3ccc(Oc4ccc5c(c4)CNCC5)cc3n1)CN(C)CC2. The average molecular weight is 468 g/mol. The van der Waals surface area contributed by atoms with Crippen molar-refractivity contribution in [2.45, 2.75) is 25.9 Å². The molecule has 35 heavy (non-hydrogen) atoms. The third kappa shape index (κ3) is 4.52. The molecule has 0 saturated carbocycles. The molecule has 0 fully saturated rings. The van der Waals surface area contributed by atoms with E-state index in [-0.39, 0.29) is 0 Å². The van der Waals surface area contributed by atoms with Crippen molar-refractivity contribution < 1.29 is 9.47 Å². The number of anilines is 2. The highest BCUT2D eigenvalue weighted by Gasteiger charge is 2.17. The molecule has 0 saturated heterocycles. The largest absolute Gasteiger partial charge is 0.495 e. The van der Waals surface area contributed by atoms with Gasteiger partial charge in [0.2, 0.25) is 5.95 Å². The normalized spacial score (nSPS) is 15.4. The molecule has 0 aliphatic carbocycles. The summed E-state index contributed by atoms with van der Waals surface area (Å²) in [6, 6.07) is 16.5. The monoisotopic (exact) mass is 467 g/mol. The van der Waals surface area contributed by atoms with E-state index in [2.05, 4.69) is 51.8 Å². The average Bonchev–Trinajstić information content (AvgIpc) is 2.88. The highest BCUT2D eigenvalue weighted by atomic mass is 16.5. The molecule has 0 bridgehead atoms. The number of likely N-dealkylation sites (N-methyl/N-ethyl adjacent to an activating group) is 1. The minimum Gasteiger partial charge on any atom is -0.495 e. The summed E-state index contributed by atoms with van der Waals surface area (Å²) in [4.78, 5) is 11.6. The predicted octanol–water partition coefficient (Wildman–Crippen LogP) is 4.81. The van der Waals surface area contributed by atoms with E-state index in [1.54, 1.807) is 7.11 Å². The molecule has 7 heteroatoms. The van der Waals surface area contributed by atoms with E-state index in [4.69, 9.17) is 14.5 Å². The van der Waals surface area contributed by atoms with Gasteiger partial charge < -0.3 is 25.0 Å². The zero-order chi connectivity index (χ0) is 23.8. The number of hydrogen-bond donors (Lipinski definition) is 2. The van der Waals surface area contributed by atoms with E-state index in [1.165, 1.54) is 22.3 Å². The van der Waals surface area contributed by atoms with Crippen molar-refractivity contribution in [3.8, 4) is 17.2 Å². The van der Waals surface area contributed by atoms with Gasteiger partial charge in [-0.1, -0.05) is 6.07 Å². The zero-order valence-electron chi connectivity index (χ0n) is 20.1. The van der Waals surface area contributed by atoms with Gasteiger partial charge in [-0.05, 0) is 85.1 Å². The Morgan fingerprint density at radius 3 is 2.74 bits per heavy atom. The number of aromatic nitrogens is 2. The molecular formula is C28H29N5O2. The highest BCUT2D eigenvalue weighted by molar-refractivity contribution is 5.81. The van der Waals surface area contributed by atoms with Crippen LogP contribution in [-0.2, 0) is 25.9 Å². The van der Waals surface area contributed by atoms with Crippen LogP contribution in [0.15, 0.2) is 54.7 Å². The first kappa shape index (κ1) is 21.8. The Kier molecular flexibility index (Phi) is 5.72. The van der Waals surface area contributed by atoms with Gasteiger partial charge in [0.15, 0.2) is 0 Å². The van der Waals surface area contributed by atoms with Crippen molar-refractivity contribution in [1.82, 2.24) is 20.2 Å². The van der Waals surface area contributed by atoms with Crippen LogP contribution >= 0.6 is 0 Å². The number of nitrogens with one attached hydrogen (secondary N) is 2. The number of hydrogen-bond acceptors (Lipinski definition) is 7. The van der Waals surface area contributed by atoms with Crippen molar-refractivity contribution in [2.24, 2.45) is 0 Å². The third-order valence-corrected chi connectivity index (χ3v) is 6.83. The lowest BCUT2D eigenvalue weighted by atomic mass is 9.99. The Morgan fingerprint density at radius 1 is 0.943 bits per heavy atom. The lowest BCUT2D eigenvalue weighted by Crippen LogP contribution is -2.26. The molecule has 6 rings (SSSR count). The van der Waals surface area contributed by atoms with Crippen LogP contribution in [0.4, 0.5) is 11.6 Å². The molecule has 3 aromatic carbocycles. The summed E-state index contributed by atoms with van der Waals surface area (Å²) in [7, 11) is 3.84. The minimum atomic E-state index is 0.525. The van der Waals surface area contributed by atoms with Gasteiger partial charge in [0.05, 0.1) is 18.3 Å². The molecular weight excluding hydrogens is 438 g/mol. The summed E-state index contributed by atoms with van der Waals surface area (Å²) in [6.07, 6.45) is 3.92. The fourth-order valence-corrected chi connectivity index (χ4v) is 4.90. The lowest BCUT2D eigenvalue weighted by molar-refractivity contribution is 0.312. The van der Waals surface area contributed by atoms with Crippen LogP contribution in [0.25, 0.3) is 10.9 Å². The molecule has 0 amide bonds. The number of nitrogens with zero attached hydrogens (tertiary/aromatic N) is 3. The smallest absolute Gasteiger partial charge is 0.227 e. The number of ether oxygens (including phenoxy) is 2. The van der Waals surface area contributed by atoms with E-state index in [0.29, 0.717) is 5.95 Å². The van der Waals surface area contributed by atoms with Gasteiger partial charge >= 0.3 is 0 Å². The van der Waals surface area contributed by atoms with Crippen LogP contribution in [0.2, 0.25) is 0 Å². The molecule has 2 N–H and O–H groups in total. The maximum absolute atomic E-state index is 6.19. The van der Waals surface area contributed by atoms with Crippen molar-refractivity contribution in [3.05, 3.63) is 77.0 Å². The van der Waals surface area contributed by atoms with E-state index >= 15 is 0 Å². The molecule has 3 heterocycles. The number of methoxy groups -OCH3 is 1. The second-order valence-electron chi connectivity index (χ2n) is 9.31. The van der Waals surface area contributed by atoms with Crippen LogP contribution in [0, 0.1) is 0 Å². The van der Waals surface area contributed by atoms with Gasteiger partial charge in [-0.3, -0.25) is 0 Å². The van der Waals surface area contributed by atoms with Crippen molar-refractivity contribution in [2.75, 3.05) is 32.6 Å². The van der Waals surface area contributed by atoms with E-state index < -0.39 is 0 Å². The Balaban J connectivity index is 1.27. The number of benzene rings is 3. The van der Waals surface area contributed by atoms with Gasteiger partial charge in [-0.15, -0.1) is 0 Å². The Bertz CT molecular complexity index is 1400. The van der Waals surface area contributed by atoms with Crippen molar-refractivity contribution in [1.29, 1.82) is 0 Å². The van der Waals surface area contributed by atoms with Gasteiger partial charge in [0.25, 0.3) is 0 Å².